The summed E-state index contributed by atoms with van der Waals surface area (Å²) in [4.78, 5) is 13.9. The number of amides is 1. The van der Waals surface area contributed by atoms with Crippen molar-refractivity contribution < 1.29 is 4.79 Å². The summed E-state index contributed by atoms with van der Waals surface area (Å²) in [6.45, 7) is 2.85. The molecule has 1 aliphatic heterocycles. The van der Waals surface area contributed by atoms with E-state index in [1.54, 1.807) is 9.58 Å². The molecule has 2 rings (SSSR count). The smallest absolute Gasteiger partial charge is 0.222 e. The van der Waals surface area contributed by atoms with Crippen molar-refractivity contribution in [2.45, 2.75) is 32.2 Å². The van der Waals surface area contributed by atoms with Crippen molar-refractivity contribution in [2.24, 2.45) is 13.0 Å². The maximum absolute atomic E-state index is 12.1. The van der Waals surface area contributed by atoms with Crippen LogP contribution < -0.4 is 5.32 Å². The predicted molar refractivity (Wildman–Crippen MR) is 89.0 cm³/mol. The van der Waals surface area contributed by atoms with Crippen molar-refractivity contribution >= 4 is 30.7 Å². The summed E-state index contributed by atoms with van der Waals surface area (Å²) in [5.74, 6) is 0.958. The van der Waals surface area contributed by atoms with Gasteiger partial charge in [-0.1, -0.05) is 0 Å². The van der Waals surface area contributed by atoms with Gasteiger partial charge < -0.3 is 10.2 Å². The molecule has 1 N–H and O–H groups in total. The molecule has 1 aromatic heterocycles. The number of rotatable bonds is 5. The highest BCUT2D eigenvalue weighted by molar-refractivity contribution is 5.85. The molecule has 1 amide bonds. The van der Waals surface area contributed by atoms with E-state index in [1.165, 1.54) is 12.8 Å². The first-order chi connectivity index (χ1) is 9.15. The van der Waals surface area contributed by atoms with E-state index in [0.717, 1.165) is 31.0 Å². The quantitative estimate of drug-likeness (QED) is 0.894. The van der Waals surface area contributed by atoms with E-state index in [0.29, 0.717) is 13.0 Å². The standard InChI is InChI=1S/C14H24N4O.2ClH/c1-17(10-13-9-16-18(2)11-13)14(19)4-3-12-5-7-15-8-6-12;;/h9,11-12,15H,3-8,10H2,1-2H3;2*1H. The summed E-state index contributed by atoms with van der Waals surface area (Å²) < 4.78 is 1.77. The molecule has 0 radical (unpaired) electrons. The molecule has 0 saturated carbocycles. The fourth-order valence-corrected chi connectivity index (χ4v) is 2.60. The Labute approximate surface area is 139 Å². The molecule has 1 aromatic rings. The van der Waals surface area contributed by atoms with Crippen LogP contribution in [0.3, 0.4) is 0 Å². The van der Waals surface area contributed by atoms with Gasteiger partial charge >= 0.3 is 0 Å². The van der Waals surface area contributed by atoms with Crippen LogP contribution in [0.5, 0.6) is 0 Å². The van der Waals surface area contributed by atoms with Crippen LogP contribution in [0.15, 0.2) is 12.4 Å². The van der Waals surface area contributed by atoms with Crippen LogP contribution in [0.4, 0.5) is 0 Å². The van der Waals surface area contributed by atoms with E-state index >= 15 is 0 Å². The Balaban J connectivity index is 0.00000200. The van der Waals surface area contributed by atoms with E-state index in [9.17, 15) is 4.79 Å². The molecular formula is C14H26Cl2N4O. The van der Waals surface area contributed by atoms with E-state index in [2.05, 4.69) is 10.4 Å². The number of aryl methyl sites for hydroxylation is 1. The van der Waals surface area contributed by atoms with Crippen LogP contribution in [0.1, 0.15) is 31.2 Å². The van der Waals surface area contributed by atoms with Gasteiger partial charge in [0.25, 0.3) is 0 Å². The molecule has 1 aliphatic rings. The summed E-state index contributed by atoms with van der Waals surface area (Å²) in [6, 6.07) is 0. The third-order valence-corrected chi connectivity index (χ3v) is 3.83. The molecule has 0 atom stereocenters. The van der Waals surface area contributed by atoms with Crippen LogP contribution in [0.25, 0.3) is 0 Å². The normalized spacial score (nSPS) is 15.0. The molecule has 7 heteroatoms. The summed E-state index contributed by atoms with van der Waals surface area (Å²) in [5, 5.41) is 7.48. The van der Waals surface area contributed by atoms with Crippen LogP contribution >= 0.6 is 24.8 Å². The Morgan fingerprint density at radius 2 is 2.10 bits per heavy atom. The van der Waals surface area contributed by atoms with E-state index < -0.39 is 0 Å². The van der Waals surface area contributed by atoms with Crippen molar-refractivity contribution in [3.8, 4) is 0 Å². The number of carbonyl (C=O) groups excluding carboxylic acids is 1. The lowest BCUT2D eigenvalue weighted by atomic mass is 9.93. The van der Waals surface area contributed by atoms with Crippen LogP contribution in [0.2, 0.25) is 0 Å². The Kier molecular flexibility index (Phi) is 9.66. The van der Waals surface area contributed by atoms with Gasteiger partial charge in [0.05, 0.1) is 6.20 Å². The SMILES string of the molecule is CN(Cc1cnn(C)c1)C(=O)CCC1CCNCC1.Cl.Cl. The van der Waals surface area contributed by atoms with Gasteiger partial charge in [-0.25, -0.2) is 0 Å². The predicted octanol–water partition coefficient (Wildman–Crippen LogP) is 2.00. The fourth-order valence-electron chi connectivity index (χ4n) is 2.60. The first-order valence-corrected chi connectivity index (χ1v) is 7.07. The monoisotopic (exact) mass is 336 g/mol. The molecule has 0 bridgehead atoms. The molecule has 1 saturated heterocycles. The average molecular weight is 337 g/mol. The van der Waals surface area contributed by atoms with Crippen molar-refractivity contribution in [1.82, 2.24) is 20.0 Å². The van der Waals surface area contributed by atoms with E-state index in [4.69, 9.17) is 0 Å². The molecule has 122 valence electrons. The van der Waals surface area contributed by atoms with E-state index in [-0.39, 0.29) is 30.7 Å². The van der Waals surface area contributed by atoms with Crippen LogP contribution in [-0.4, -0.2) is 40.7 Å². The third-order valence-electron chi connectivity index (χ3n) is 3.83. The molecule has 0 spiro atoms. The van der Waals surface area contributed by atoms with Gasteiger partial charge in [-0.05, 0) is 38.3 Å². The second-order valence-electron chi connectivity index (χ2n) is 5.50. The van der Waals surface area contributed by atoms with Gasteiger partial charge in [-0.3, -0.25) is 9.48 Å². The van der Waals surface area contributed by atoms with Gasteiger partial charge in [-0.2, -0.15) is 5.10 Å². The third kappa shape index (κ3) is 6.68. The zero-order valence-electron chi connectivity index (χ0n) is 12.7. The Hall–Kier alpha value is -0.780. The molecule has 21 heavy (non-hydrogen) atoms. The van der Waals surface area contributed by atoms with Crippen molar-refractivity contribution in [3.63, 3.8) is 0 Å². The number of carbonyl (C=O) groups is 1. The highest BCUT2D eigenvalue weighted by atomic mass is 35.5. The first-order valence-electron chi connectivity index (χ1n) is 7.07. The Morgan fingerprint density at radius 3 is 2.67 bits per heavy atom. The Bertz CT molecular complexity index is 419. The topological polar surface area (TPSA) is 50.2 Å². The second-order valence-corrected chi connectivity index (χ2v) is 5.50. The van der Waals surface area contributed by atoms with E-state index in [1.807, 2.05) is 26.5 Å². The van der Waals surface area contributed by atoms with Crippen molar-refractivity contribution in [2.75, 3.05) is 20.1 Å². The highest BCUT2D eigenvalue weighted by Crippen LogP contribution is 2.18. The summed E-state index contributed by atoms with van der Waals surface area (Å²) in [5.41, 5.74) is 1.08. The van der Waals surface area contributed by atoms with Crippen molar-refractivity contribution in [1.29, 1.82) is 0 Å². The van der Waals surface area contributed by atoms with Crippen LogP contribution in [-0.2, 0) is 18.4 Å². The molecular weight excluding hydrogens is 311 g/mol. The zero-order chi connectivity index (χ0) is 13.7. The molecule has 5 nitrogen and oxygen atoms in total. The molecule has 1 fully saturated rings. The number of aromatic nitrogens is 2. The lowest BCUT2D eigenvalue weighted by molar-refractivity contribution is -0.130. The zero-order valence-corrected chi connectivity index (χ0v) is 14.4. The Morgan fingerprint density at radius 1 is 1.43 bits per heavy atom. The van der Waals surface area contributed by atoms with Gasteiger partial charge in [0, 0.05) is 38.8 Å². The summed E-state index contributed by atoms with van der Waals surface area (Å²) in [7, 11) is 3.76. The number of hydrogen-bond acceptors (Lipinski definition) is 3. The maximum Gasteiger partial charge on any atom is 0.222 e. The minimum atomic E-state index is 0. The lowest BCUT2D eigenvalue weighted by Gasteiger charge is -2.23. The largest absolute Gasteiger partial charge is 0.341 e. The van der Waals surface area contributed by atoms with Gasteiger partial charge in [-0.15, -0.1) is 24.8 Å². The minimum Gasteiger partial charge on any atom is -0.341 e. The van der Waals surface area contributed by atoms with Gasteiger partial charge in [0.2, 0.25) is 5.91 Å². The number of piperidine rings is 1. The first kappa shape index (κ1) is 20.2. The number of nitrogens with zero attached hydrogens (tertiary/aromatic N) is 3. The molecule has 0 aromatic carbocycles. The summed E-state index contributed by atoms with van der Waals surface area (Å²) in [6.07, 6.45) is 7.88. The number of hydrogen-bond donors (Lipinski definition) is 1. The molecule has 2 heterocycles. The number of halogens is 2. The summed E-state index contributed by atoms with van der Waals surface area (Å²) >= 11 is 0. The van der Waals surface area contributed by atoms with Gasteiger partial charge in [0.15, 0.2) is 0 Å². The van der Waals surface area contributed by atoms with Crippen molar-refractivity contribution in [3.05, 3.63) is 18.0 Å². The van der Waals surface area contributed by atoms with Crippen LogP contribution in [0, 0.1) is 5.92 Å². The minimum absolute atomic E-state index is 0. The fraction of sp³-hybridized carbons (Fsp3) is 0.714. The average Bonchev–Trinajstić information content (AvgIpc) is 2.82. The lowest BCUT2D eigenvalue weighted by Crippen LogP contribution is -2.30. The highest BCUT2D eigenvalue weighted by Gasteiger charge is 2.16. The second kappa shape index (κ2) is 10.0. The number of nitrogens with one attached hydrogen (secondary N) is 1. The molecule has 0 unspecified atom stereocenters. The van der Waals surface area contributed by atoms with Gasteiger partial charge in [0.1, 0.15) is 0 Å². The molecule has 0 aliphatic carbocycles. The maximum atomic E-state index is 12.1.